The van der Waals surface area contributed by atoms with Crippen molar-refractivity contribution < 1.29 is 27.2 Å². The summed E-state index contributed by atoms with van der Waals surface area (Å²) in [6.07, 6.45) is -3.25. The average Bonchev–Trinajstić information content (AvgIpc) is 3.31. The molecule has 4 rings (SSSR count). The van der Waals surface area contributed by atoms with Crippen molar-refractivity contribution in [3.8, 4) is 11.5 Å². The van der Waals surface area contributed by atoms with E-state index in [1.165, 1.54) is 24.5 Å². The topological polar surface area (TPSA) is 84.2 Å². The number of furan rings is 1. The summed E-state index contributed by atoms with van der Waals surface area (Å²) >= 11 is 0. The fourth-order valence-corrected chi connectivity index (χ4v) is 3.09. The van der Waals surface area contributed by atoms with Gasteiger partial charge in [-0.25, -0.2) is 4.98 Å². The highest BCUT2D eigenvalue weighted by Gasteiger charge is 2.34. The number of hydrogen-bond donors (Lipinski definition) is 2. The molecule has 9 heteroatoms. The van der Waals surface area contributed by atoms with Gasteiger partial charge in [-0.3, -0.25) is 20.4 Å². The van der Waals surface area contributed by atoms with E-state index in [1.807, 2.05) is 5.43 Å². The van der Waals surface area contributed by atoms with Crippen molar-refractivity contribution in [1.29, 1.82) is 0 Å². The molecule has 2 aromatic carbocycles. The molecule has 2 heterocycles. The van der Waals surface area contributed by atoms with Crippen LogP contribution in [-0.4, -0.2) is 16.8 Å². The zero-order chi connectivity index (χ0) is 22.0. The number of benzene rings is 2. The number of carbonyl (C=O) groups excluding carboxylic acids is 2. The second kappa shape index (κ2) is 7.94. The van der Waals surface area contributed by atoms with E-state index < -0.39 is 29.1 Å². The van der Waals surface area contributed by atoms with Crippen molar-refractivity contribution in [1.82, 2.24) is 15.8 Å². The van der Waals surface area contributed by atoms with E-state index in [2.05, 4.69) is 10.4 Å². The second-order valence-electron chi connectivity index (χ2n) is 6.50. The first-order valence-electron chi connectivity index (χ1n) is 9.05. The lowest BCUT2D eigenvalue weighted by atomic mass is 10.1. The van der Waals surface area contributed by atoms with Crippen molar-refractivity contribution in [2.24, 2.45) is 0 Å². The Morgan fingerprint density at radius 2 is 1.52 bits per heavy atom. The number of pyridine rings is 1. The van der Waals surface area contributed by atoms with Crippen LogP contribution >= 0.6 is 0 Å². The van der Waals surface area contributed by atoms with E-state index in [9.17, 15) is 22.8 Å². The Morgan fingerprint density at radius 3 is 2.23 bits per heavy atom. The van der Waals surface area contributed by atoms with Gasteiger partial charge >= 0.3 is 6.18 Å². The average molecular weight is 425 g/mol. The number of hydrazine groups is 1. The van der Waals surface area contributed by atoms with Gasteiger partial charge in [0.1, 0.15) is 5.69 Å². The van der Waals surface area contributed by atoms with Crippen LogP contribution in [0.1, 0.15) is 26.3 Å². The van der Waals surface area contributed by atoms with Gasteiger partial charge in [-0.05, 0) is 36.4 Å². The molecule has 0 bridgehead atoms. The van der Waals surface area contributed by atoms with Crippen LogP contribution in [-0.2, 0) is 6.18 Å². The third-order valence-corrected chi connectivity index (χ3v) is 4.50. The van der Waals surface area contributed by atoms with Gasteiger partial charge in [-0.1, -0.05) is 30.3 Å². The van der Waals surface area contributed by atoms with Crippen molar-refractivity contribution >= 4 is 22.7 Å². The van der Waals surface area contributed by atoms with Crippen molar-refractivity contribution in [3.63, 3.8) is 0 Å². The van der Waals surface area contributed by atoms with Crippen LogP contribution < -0.4 is 10.9 Å². The Labute approximate surface area is 173 Å². The van der Waals surface area contributed by atoms with E-state index in [0.29, 0.717) is 22.4 Å². The predicted octanol–water partition coefficient (Wildman–Crippen LogP) is 4.59. The summed E-state index contributed by atoms with van der Waals surface area (Å²) in [7, 11) is 0. The smallest absolute Gasteiger partial charge is 0.417 e. The molecule has 0 radical (unpaired) electrons. The number of fused-ring (bicyclic) bond motifs is 1. The van der Waals surface area contributed by atoms with Gasteiger partial charge in [0.2, 0.25) is 0 Å². The molecule has 156 valence electrons. The summed E-state index contributed by atoms with van der Waals surface area (Å²) in [5.74, 6) is -1.38. The minimum absolute atomic E-state index is 0.168. The molecule has 31 heavy (non-hydrogen) atoms. The minimum Gasteiger partial charge on any atom is -0.463 e. The predicted molar refractivity (Wildman–Crippen MR) is 106 cm³/mol. The first kappa shape index (κ1) is 20.1. The Kier molecular flexibility index (Phi) is 5.16. The van der Waals surface area contributed by atoms with Crippen molar-refractivity contribution in [2.45, 2.75) is 6.18 Å². The molecule has 0 aliphatic carbocycles. The standard InChI is InChI=1S/C22H14F3N3O3/c23-22(24,25)16-8-3-1-7-14(16)20(29)27-28-21(30)15-12-18(19-10-5-11-31-19)26-17-9-4-2-6-13(15)17/h1-12H,(H,27,29)(H,28,30). The van der Waals surface area contributed by atoms with E-state index >= 15 is 0 Å². The molecule has 0 saturated heterocycles. The van der Waals surface area contributed by atoms with E-state index in [4.69, 9.17) is 4.42 Å². The fourth-order valence-electron chi connectivity index (χ4n) is 3.09. The fraction of sp³-hybridized carbons (Fsp3) is 0.0455. The van der Waals surface area contributed by atoms with E-state index in [0.717, 1.165) is 12.1 Å². The Balaban J connectivity index is 1.62. The molecule has 2 amide bonds. The highest BCUT2D eigenvalue weighted by Crippen LogP contribution is 2.31. The molecule has 6 nitrogen and oxygen atoms in total. The zero-order valence-corrected chi connectivity index (χ0v) is 15.7. The number of rotatable bonds is 3. The molecule has 0 spiro atoms. The first-order valence-corrected chi connectivity index (χ1v) is 9.05. The van der Waals surface area contributed by atoms with Crippen molar-refractivity contribution in [3.05, 3.63) is 89.7 Å². The van der Waals surface area contributed by atoms with Gasteiger partial charge in [0.05, 0.1) is 28.5 Å². The van der Waals surface area contributed by atoms with Gasteiger partial charge in [-0.15, -0.1) is 0 Å². The monoisotopic (exact) mass is 425 g/mol. The van der Waals surface area contributed by atoms with Gasteiger partial charge in [0.15, 0.2) is 5.76 Å². The summed E-state index contributed by atoms with van der Waals surface area (Å²) in [6.45, 7) is 0. The molecule has 0 saturated carbocycles. The molecule has 0 fully saturated rings. The highest BCUT2D eigenvalue weighted by molar-refractivity contribution is 6.08. The Hall–Kier alpha value is -4.14. The molecule has 2 aromatic heterocycles. The lowest BCUT2D eigenvalue weighted by Gasteiger charge is -2.14. The summed E-state index contributed by atoms with van der Waals surface area (Å²) in [4.78, 5) is 29.6. The molecule has 0 atom stereocenters. The number of halogens is 3. The molecule has 2 N–H and O–H groups in total. The van der Waals surface area contributed by atoms with Crippen molar-refractivity contribution in [2.75, 3.05) is 0 Å². The number of alkyl halides is 3. The maximum Gasteiger partial charge on any atom is 0.417 e. The normalized spacial score (nSPS) is 11.3. The molecule has 4 aromatic rings. The maximum absolute atomic E-state index is 13.1. The number of nitrogens with one attached hydrogen (secondary N) is 2. The van der Waals surface area contributed by atoms with Crippen LogP contribution in [0.4, 0.5) is 13.2 Å². The quantitative estimate of drug-likeness (QED) is 0.471. The molecule has 0 aliphatic heterocycles. The zero-order valence-electron chi connectivity index (χ0n) is 15.7. The van der Waals surface area contributed by atoms with Crippen LogP contribution in [0.2, 0.25) is 0 Å². The number of hydrogen-bond acceptors (Lipinski definition) is 4. The number of aromatic nitrogens is 1. The minimum atomic E-state index is -4.71. The molecular formula is C22H14F3N3O3. The SMILES string of the molecule is O=C(NNC(=O)c1cc(-c2ccco2)nc2ccccc12)c1ccccc1C(F)(F)F. The van der Waals surface area contributed by atoms with Gasteiger partial charge in [0, 0.05) is 5.39 Å². The number of para-hydroxylation sites is 1. The van der Waals surface area contributed by atoms with Crippen LogP contribution in [0.5, 0.6) is 0 Å². The molecule has 0 aliphatic rings. The van der Waals surface area contributed by atoms with Crippen LogP contribution in [0.3, 0.4) is 0 Å². The van der Waals surface area contributed by atoms with Crippen LogP contribution in [0.15, 0.2) is 77.4 Å². The van der Waals surface area contributed by atoms with E-state index in [-0.39, 0.29) is 5.56 Å². The van der Waals surface area contributed by atoms with Gasteiger partial charge in [-0.2, -0.15) is 13.2 Å². The number of amides is 2. The van der Waals surface area contributed by atoms with Crippen LogP contribution in [0.25, 0.3) is 22.4 Å². The number of carbonyl (C=O) groups is 2. The molecular weight excluding hydrogens is 411 g/mol. The first-order chi connectivity index (χ1) is 14.8. The summed E-state index contributed by atoms with van der Waals surface area (Å²) < 4.78 is 44.8. The Morgan fingerprint density at radius 1 is 0.839 bits per heavy atom. The number of nitrogens with zero attached hydrogens (tertiary/aromatic N) is 1. The largest absolute Gasteiger partial charge is 0.463 e. The third-order valence-electron chi connectivity index (χ3n) is 4.50. The summed E-state index contributed by atoms with van der Waals surface area (Å²) in [5.41, 5.74) is 3.59. The van der Waals surface area contributed by atoms with Crippen LogP contribution in [0, 0.1) is 0 Å². The summed E-state index contributed by atoms with van der Waals surface area (Å²) in [6, 6.07) is 16.0. The Bertz CT molecular complexity index is 1270. The highest BCUT2D eigenvalue weighted by atomic mass is 19.4. The maximum atomic E-state index is 13.1. The van der Waals surface area contributed by atoms with E-state index in [1.54, 1.807) is 36.4 Å². The third kappa shape index (κ3) is 4.11. The lowest BCUT2D eigenvalue weighted by Crippen LogP contribution is -2.42. The second-order valence-corrected chi connectivity index (χ2v) is 6.50. The lowest BCUT2D eigenvalue weighted by molar-refractivity contribution is -0.137. The molecule has 0 unspecified atom stereocenters. The van der Waals surface area contributed by atoms with Gasteiger partial charge in [0.25, 0.3) is 11.8 Å². The van der Waals surface area contributed by atoms with Gasteiger partial charge < -0.3 is 4.42 Å². The summed E-state index contributed by atoms with van der Waals surface area (Å²) in [5, 5.41) is 0.500.